The van der Waals surface area contributed by atoms with Crippen LogP contribution in [0.4, 0.5) is 11.4 Å². The second kappa shape index (κ2) is 8.10. The van der Waals surface area contributed by atoms with Crippen molar-refractivity contribution in [2.45, 2.75) is 0 Å². The summed E-state index contributed by atoms with van der Waals surface area (Å²) in [5.41, 5.74) is 1.81. The van der Waals surface area contributed by atoms with Gasteiger partial charge in [0.15, 0.2) is 6.61 Å². The maximum atomic E-state index is 12.5. The van der Waals surface area contributed by atoms with Crippen molar-refractivity contribution in [2.24, 2.45) is 0 Å². The summed E-state index contributed by atoms with van der Waals surface area (Å²) in [4.78, 5) is 14.7. The number of benzene rings is 3. The Hall–Kier alpha value is -3.05. The molecule has 1 fully saturated rings. The van der Waals surface area contributed by atoms with Crippen LogP contribution in [-0.4, -0.2) is 38.8 Å². The van der Waals surface area contributed by atoms with Crippen LogP contribution in [0.25, 0.3) is 10.8 Å². The van der Waals surface area contributed by atoms with Gasteiger partial charge in [0.25, 0.3) is 5.91 Å². The molecule has 4 rings (SSSR count). The maximum absolute atomic E-state index is 12.5. The molecular weight excluding hydrogens is 340 g/mol. The normalized spacial score (nSPS) is 14.1. The molecule has 0 bridgehead atoms. The van der Waals surface area contributed by atoms with Gasteiger partial charge in [-0.15, -0.1) is 0 Å². The largest absolute Gasteiger partial charge is 0.483 e. The topological polar surface area (TPSA) is 50.8 Å². The molecule has 1 saturated heterocycles. The third kappa shape index (κ3) is 4.04. The van der Waals surface area contributed by atoms with Crippen LogP contribution in [0, 0.1) is 0 Å². The Morgan fingerprint density at radius 1 is 0.963 bits per heavy atom. The lowest BCUT2D eigenvalue weighted by atomic mass is 10.1. The number of morpholine rings is 1. The van der Waals surface area contributed by atoms with E-state index in [0.29, 0.717) is 19.0 Å². The first-order chi connectivity index (χ1) is 13.3. The van der Waals surface area contributed by atoms with Crippen molar-refractivity contribution < 1.29 is 14.3 Å². The number of nitrogens with one attached hydrogen (secondary N) is 1. The van der Waals surface area contributed by atoms with Crippen LogP contribution in [-0.2, 0) is 9.53 Å². The second-order valence-electron chi connectivity index (χ2n) is 6.43. The molecule has 5 heteroatoms. The molecule has 0 spiro atoms. The molecule has 3 aromatic rings. The Labute approximate surface area is 158 Å². The number of rotatable bonds is 5. The highest BCUT2D eigenvalue weighted by atomic mass is 16.5. The smallest absolute Gasteiger partial charge is 0.262 e. The minimum Gasteiger partial charge on any atom is -0.483 e. The third-order valence-electron chi connectivity index (χ3n) is 4.64. The number of anilines is 2. The van der Waals surface area contributed by atoms with Gasteiger partial charge < -0.3 is 19.7 Å². The Morgan fingerprint density at radius 3 is 2.59 bits per heavy atom. The lowest BCUT2D eigenvalue weighted by Crippen LogP contribution is -2.37. The standard InChI is InChI=1S/C22H22N2O3/c25-22(16-27-21-11-5-7-17-6-1-2-8-18(17)21)23-19-9-3-4-10-20(19)24-12-14-26-15-13-24/h1-11H,12-16H2,(H,23,25). The first-order valence-electron chi connectivity index (χ1n) is 9.13. The molecule has 0 unspecified atom stereocenters. The Bertz CT molecular complexity index is 930. The molecule has 5 nitrogen and oxygen atoms in total. The van der Waals surface area contributed by atoms with E-state index in [1.807, 2.05) is 66.7 Å². The van der Waals surface area contributed by atoms with Crippen molar-refractivity contribution in [1.82, 2.24) is 0 Å². The summed E-state index contributed by atoms with van der Waals surface area (Å²) >= 11 is 0. The highest BCUT2D eigenvalue weighted by Gasteiger charge is 2.16. The van der Waals surface area contributed by atoms with E-state index in [1.54, 1.807) is 0 Å². The number of para-hydroxylation sites is 2. The average Bonchev–Trinajstić information content (AvgIpc) is 2.73. The third-order valence-corrected chi connectivity index (χ3v) is 4.64. The molecule has 3 aromatic carbocycles. The van der Waals surface area contributed by atoms with Crippen LogP contribution >= 0.6 is 0 Å². The zero-order valence-electron chi connectivity index (χ0n) is 15.1. The average molecular weight is 362 g/mol. The van der Waals surface area contributed by atoms with Gasteiger partial charge in [0.1, 0.15) is 5.75 Å². The van der Waals surface area contributed by atoms with Crippen molar-refractivity contribution in [3.8, 4) is 5.75 Å². The van der Waals surface area contributed by atoms with Crippen LogP contribution in [0.5, 0.6) is 5.75 Å². The summed E-state index contributed by atoms with van der Waals surface area (Å²) in [6.45, 7) is 3.00. The van der Waals surface area contributed by atoms with Crippen molar-refractivity contribution in [2.75, 3.05) is 43.1 Å². The van der Waals surface area contributed by atoms with Crippen LogP contribution in [0.1, 0.15) is 0 Å². The highest BCUT2D eigenvalue weighted by molar-refractivity contribution is 5.96. The maximum Gasteiger partial charge on any atom is 0.262 e. The number of nitrogens with zero attached hydrogens (tertiary/aromatic N) is 1. The molecule has 0 radical (unpaired) electrons. The summed E-state index contributed by atoms with van der Waals surface area (Å²) in [5.74, 6) is 0.536. The van der Waals surface area contributed by atoms with Gasteiger partial charge in [-0.2, -0.15) is 0 Å². The van der Waals surface area contributed by atoms with E-state index < -0.39 is 0 Å². The molecule has 0 saturated carbocycles. The van der Waals surface area contributed by atoms with Crippen molar-refractivity contribution in [3.63, 3.8) is 0 Å². The minimum absolute atomic E-state index is 0.0363. The lowest BCUT2D eigenvalue weighted by molar-refractivity contribution is -0.118. The number of carbonyl (C=O) groups excluding carboxylic acids is 1. The number of hydrogen-bond acceptors (Lipinski definition) is 4. The fourth-order valence-electron chi connectivity index (χ4n) is 3.31. The predicted molar refractivity (Wildman–Crippen MR) is 108 cm³/mol. The summed E-state index contributed by atoms with van der Waals surface area (Å²) in [6, 6.07) is 21.7. The fourth-order valence-corrected chi connectivity index (χ4v) is 3.31. The molecule has 0 aromatic heterocycles. The summed E-state index contributed by atoms with van der Waals surface area (Å²) in [5, 5.41) is 5.07. The molecule has 1 aliphatic heterocycles. The SMILES string of the molecule is O=C(COc1cccc2ccccc12)Nc1ccccc1N1CCOCC1. The number of ether oxygens (including phenoxy) is 2. The van der Waals surface area contributed by atoms with Gasteiger partial charge in [0, 0.05) is 18.5 Å². The molecule has 27 heavy (non-hydrogen) atoms. The zero-order chi connectivity index (χ0) is 18.5. The van der Waals surface area contributed by atoms with E-state index in [9.17, 15) is 4.79 Å². The molecular formula is C22H22N2O3. The van der Waals surface area contributed by atoms with E-state index in [2.05, 4.69) is 10.2 Å². The number of carbonyl (C=O) groups is 1. The van der Waals surface area contributed by atoms with Crippen LogP contribution in [0.15, 0.2) is 66.7 Å². The summed E-state index contributed by atoms with van der Waals surface area (Å²) in [6.07, 6.45) is 0. The number of hydrogen-bond donors (Lipinski definition) is 1. The van der Waals surface area contributed by atoms with Gasteiger partial charge in [-0.25, -0.2) is 0 Å². The minimum atomic E-state index is -0.177. The number of amides is 1. The predicted octanol–water partition coefficient (Wildman–Crippen LogP) is 3.69. The van der Waals surface area contributed by atoms with Gasteiger partial charge >= 0.3 is 0 Å². The van der Waals surface area contributed by atoms with Crippen LogP contribution in [0.3, 0.4) is 0 Å². The lowest BCUT2D eigenvalue weighted by Gasteiger charge is -2.30. The number of fused-ring (bicyclic) bond motifs is 1. The van der Waals surface area contributed by atoms with Gasteiger partial charge in [-0.05, 0) is 23.6 Å². The zero-order valence-corrected chi connectivity index (χ0v) is 15.1. The molecule has 0 atom stereocenters. The Kier molecular flexibility index (Phi) is 5.21. The molecule has 1 aliphatic rings. The molecule has 1 heterocycles. The Balaban J connectivity index is 1.44. The van der Waals surface area contributed by atoms with Crippen LogP contribution < -0.4 is 15.0 Å². The van der Waals surface area contributed by atoms with Crippen molar-refractivity contribution in [3.05, 3.63) is 66.7 Å². The van der Waals surface area contributed by atoms with E-state index >= 15 is 0 Å². The first kappa shape index (κ1) is 17.4. The first-order valence-corrected chi connectivity index (χ1v) is 9.13. The summed E-state index contributed by atoms with van der Waals surface area (Å²) in [7, 11) is 0. The van der Waals surface area contributed by atoms with E-state index in [1.165, 1.54) is 0 Å². The molecule has 1 amide bonds. The fraction of sp³-hybridized carbons (Fsp3) is 0.227. The van der Waals surface area contributed by atoms with E-state index in [4.69, 9.17) is 9.47 Å². The van der Waals surface area contributed by atoms with Crippen molar-refractivity contribution in [1.29, 1.82) is 0 Å². The molecule has 138 valence electrons. The van der Waals surface area contributed by atoms with E-state index in [0.717, 1.165) is 35.2 Å². The van der Waals surface area contributed by atoms with Gasteiger partial charge in [0.2, 0.25) is 0 Å². The molecule has 0 aliphatic carbocycles. The van der Waals surface area contributed by atoms with Crippen molar-refractivity contribution >= 4 is 28.1 Å². The van der Waals surface area contributed by atoms with E-state index in [-0.39, 0.29) is 12.5 Å². The summed E-state index contributed by atoms with van der Waals surface area (Å²) < 4.78 is 11.2. The quantitative estimate of drug-likeness (QED) is 0.752. The molecule has 1 N–H and O–H groups in total. The monoisotopic (exact) mass is 362 g/mol. The van der Waals surface area contributed by atoms with Crippen LogP contribution in [0.2, 0.25) is 0 Å². The Morgan fingerprint density at radius 2 is 1.70 bits per heavy atom. The van der Waals surface area contributed by atoms with Gasteiger partial charge in [-0.1, -0.05) is 48.5 Å². The highest BCUT2D eigenvalue weighted by Crippen LogP contribution is 2.27. The van der Waals surface area contributed by atoms with Gasteiger partial charge in [0.05, 0.1) is 24.6 Å². The van der Waals surface area contributed by atoms with Gasteiger partial charge in [-0.3, -0.25) is 4.79 Å². The second-order valence-corrected chi connectivity index (χ2v) is 6.43.